The lowest BCUT2D eigenvalue weighted by atomic mass is 9.76. The van der Waals surface area contributed by atoms with Crippen molar-refractivity contribution in [3.63, 3.8) is 0 Å². The molecule has 3 atom stereocenters. The molecule has 234 valence electrons. The Morgan fingerprint density at radius 2 is 1.74 bits per heavy atom. The molecule has 2 aromatic rings. The molecule has 2 aromatic carbocycles. The lowest BCUT2D eigenvalue weighted by molar-refractivity contribution is -0.172. The Morgan fingerprint density at radius 3 is 2.37 bits per heavy atom. The predicted octanol–water partition coefficient (Wildman–Crippen LogP) is 2.06. The number of amides is 2. The Bertz CT molecular complexity index is 1480. The standard InChI is InChI=1S/C30H42N6O6S/c1-30(28(39)42-2,22-11-8-16-35(19-22)29(32)33)36(23-12-4-3-5-13-23)27(38)25(18-26(31)37)34-43(40,41)24-15-14-20-9-6-7-10-21(20)17-24/h6-7,9-10,14-15,17,22-23,25,34H,3-5,8,11-13,16,18-19H2,1-2H3,(H2,31,37)(H3,32,33)/t22-,25-,30?/m0/s1. The molecule has 0 aromatic heterocycles. The first-order valence-electron chi connectivity index (χ1n) is 14.7. The Labute approximate surface area is 252 Å². The molecule has 43 heavy (non-hydrogen) atoms. The van der Waals surface area contributed by atoms with E-state index in [0.717, 1.165) is 24.6 Å². The molecule has 1 heterocycles. The number of ether oxygens (including phenoxy) is 1. The van der Waals surface area contributed by atoms with Crippen molar-refractivity contribution in [2.24, 2.45) is 17.4 Å². The monoisotopic (exact) mass is 614 g/mol. The summed E-state index contributed by atoms with van der Waals surface area (Å²) in [5.41, 5.74) is 9.82. The lowest BCUT2D eigenvalue weighted by Gasteiger charge is -2.51. The second kappa shape index (κ2) is 13.3. The highest BCUT2D eigenvalue weighted by Crippen LogP contribution is 2.39. The maximum atomic E-state index is 14.6. The number of carbonyl (C=O) groups excluding carboxylic acids is 3. The van der Waals surface area contributed by atoms with Crippen molar-refractivity contribution in [2.45, 2.75) is 80.8 Å². The van der Waals surface area contributed by atoms with Crippen molar-refractivity contribution in [3.8, 4) is 0 Å². The molecule has 4 rings (SSSR count). The number of hydrogen-bond acceptors (Lipinski definition) is 7. The van der Waals surface area contributed by atoms with Gasteiger partial charge >= 0.3 is 5.97 Å². The zero-order chi connectivity index (χ0) is 31.4. The number of sulfonamides is 1. The molecule has 1 unspecified atom stereocenters. The molecular formula is C30H42N6O6S. The summed E-state index contributed by atoms with van der Waals surface area (Å²) < 4.78 is 35.1. The average molecular weight is 615 g/mol. The highest BCUT2D eigenvalue weighted by molar-refractivity contribution is 7.89. The van der Waals surface area contributed by atoms with Gasteiger partial charge in [0.1, 0.15) is 11.6 Å². The van der Waals surface area contributed by atoms with E-state index in [1.807, 2.05) is 12.1 Å². The first kappa shape index (κ1) is 32.2. The number of likely N-dealkylation sites (tertiary alicyclic amines) is 1. The average Bonchev–Trinajstić information content (AvgIpc) is 3.00. The molecule has 1 aliphatic heterocycles. The Hall–Kier alpha value is -3.71. The maximum Gasteiger partial charge on any atom is 0.331 e. The van der Waals surface area contributed by atoms with Crippen LogP contribution in [0.25, 0.3) is 10.8 Å². The fraction of sp³-hybridized carbons (Fsp3) is 0.533. The SMILES string of the molecule is COC(=O)C(C)([C@H]1CCCN(C(=N)N)C1)N(C(=O)[C@H](CC(N)=O)NS(=O)(=O)c1ccc2ccccc2c1)C1CCCCC1. The summed E-state index contributed by atoms with van der Waals surface area (Å²) in [4.78, 5) is 43.6. The first-order valence-corrected chi connectivity index (χ1v) is 16.2. The number of methoxy groups -OCH3 is 1. The van der Waals surface area contributed by atoms with Gasteiger partial charge in [-0.15, -0.1) is 0 Å². The fourth-order valence-corrected chi connectivity index (χ4v) is 7.81. The normalized spacial score (nSPS) is 20.1. The van der Waals surface area contributed by atoms with Crippen molar-refractivity contribution in [3.05, 3.63) is 42.5 Å². The second-order valence-corrected chi connectivity index (χ2v) is 13.4. The highest BCUT2D eigenvalue weighted by Gasteiger charge is 2.54. The molecule has 13 heteroatoms. The summed E-state index contributed by atoms with van der Waals surface area (Å²) in [7, 11) is -3.05. The number of primary amides is 1. The first-order chi connectivity index (χ1) is 20.4. The van der Waals surface area contributed by atoms with Gasteiger partial charge in [-0.05, 0) is 55.5 Å². The second-order valence-electron chi connectivity index (χ2n) is 11.7. The number of nitrogens with zero attached hydrogens (tertiary/aromatic N) is 2. The van der Waals surface area contributed by atoms with Gasteiger partial charge in [0, 0.05) is 25.0 Å². The molecule has 0 bridgehead atoms. The molecule has 6 N–H and O–H groups in total. The van der Waals surface area contributed by atoms with Crippen LogP contribution >= 0.6 is 0 Å². The van der Waals surface area contributed by atoms with E-state index in [1.165, 1.54) is 24.1 Å². The third-order valence-electron chi connectivity index (χ3n) is 8.87. The molecule has 1 saturated carbocycles. The third-order valence-corrected chi connectivity index (χ3v) is 10.3. The molecule has 12 nitrogen and oxygen atoms in total. The van der Waals surface area contributed by atoms with Crippen molar-refractivity contribution in [1.82, 2.24) is 14.5 Å². The molecule has 2 fully saturated rings. The predicted molar refractivity (Wildman–Crippen MR) is 162 cm³/mol. The van der Waals surface area contributed by atoms with Crippen LogP contribution in [-0.2, 0) is 29.1 Å². The minimum absolute atomic E-state index is 0.0715. The number of hydrogen-bond donors (Lipinski definition) is 4. The van der Waals surface area contributed by atoms with Crippen LogP contribution in [0.3, 0.4) is 0 Å². The number of esters is 1. The Balaban J connectivity index is 1.77. The van der Waals surface area contributed by atoms with Crippen LogP contribution in [-0.4, -0.2) is 79.8 Å². The van der Waals surface area contributed by atoms with Crippen LogP contribution in [0.4, 0.5) is 0 Å². The Morgan fingerprint density at radius 1 is 1.07 bits per heavy atom. The summed E-state index contributed by atoms with van der Waals surface area (Å²) in [6.07, 6.45) is 4.38. The number of nitrogens with two attached hydrogens (primary N) is 2. The van der Waals surface area contributed by atoms with E-state index in [-0.39, 0.29) is 17.4 Å². The quantitative estimate of drug-likeness (QED) is 0.178. The van der Waals surface area contributed by atoms with Crippen LogP contribution in [0.15, 0.2) is 47.4 Å². The van der Waals surface area contributed by atoms with Gasteiger partial charge in [0.15, 0.2) is 5.96 Å². The summed E-state index contributed by atoms with van der Waals surface area (Å²) in [5.74, 6) is -2.86. The van der Waals surface area contributed by atoms with Crippen molar-refractivity contribution in [1.29, 1.82) is 5.41 Å². The zero-order valence-electron chi connectivity index (χ0n) is 24.8. The van der Waals surface area contributed by atoms with Crippen LogP contribution in [0.1, 0.15) is 58.3 Å². The van der Waals surface area contributed by atoms with Crippen molar-refractivity contribution in [2.75, 3.05) is 20.2 Å². The van der Waals surface area contributed by atoms with E-state index >= 15 is 0 Å². The molecule has 2 aliphatic rings. The summed E-state index contributed by atoms with van der Waals surface area (Å²) in [5, 5.41) is 9.51. The number of rotatable bonds is 10. The zero-order valence-corrected chi connectivity index (χ0v) is 25.6. The van der Waals surface area contributed by atoms with E-state index in [0.29, 0.717) is 37.6 Å². The van der Waals surface area contributed by atoms with Crippen LogP contribution in [0.5, 0.6) is 0 Å². The van der Waals surface area contributed by atoms with Gasteiger partial charge in [-0.3, -0.25) is 15.0 Å². The molecule has 1 saturated heterocycles. The summed E-state index contributed by atoms with van der Waals surface area (Å²) >= 11 is 0. The van der Waals surface area contributed by atoms with Crippen LogP contribution in [0, 0.1) is 11.3 Å². The highest BCUT2D eigenvalue weighted by atomic mass is 32.2. The van der Waals surface area contributed by atoms with Gasteiger partial charge in [-0.25, -0.2) is 13.2 Å². The third kappa shape index (κ3) is 6.93. The molecule has 1 aliphatic carbocycles. The minimum Gasteiger partial charge on any atom is -0.467 e. The van der Waals surface area contributed by atoms with Gasteiger partial charge in [-0.1, -0.05) is 49.6 Å². The van der Waals surface area contributed by atoms with E-state index in [9.17, 15) is 22.8 Å². The fourth-order valence-electron chi connectivity index (χ4n) is 6.59. The topological polar surface area (TPSA) is 189 Å². The Kier molecular flexibility index (Phi) is 9.96. The number of guanidine groups is 1. The van der Waals surface area contributed by atoms with Gasteiger partial charge < -0.3 is 26.0 Å². The molecular weight excluding hydrogens is 572 g/mol. The van der Waals surface area contributed by atoms with Gasteiger partial charge in [0.2, 0.25) is 21.8 Å². The van der Waals surface area contributed by atoms with Gasteiger partial charge in [0.05, 0.1) is 18.4 Å². The number of piperidine rings is 1. The van der Waals surface area contributed by atoms with E-state index in [1.54, 1.807) is 30.0 Å². The molecule has 0 radical (unpaired) electrons. The number of nitrogens with one attached hydrogen (secondary N) is 2. The molecule has 0 spiro atoms. The van der Waals surface area contributed by atoms with E-state index in [4.69, 9.17) is 21.6 Å². The lowest BCUT2D eigenvalue weighted by Crippen LogP contribution is -2.68. The maximum absolute atomic E-state index is 14.6. The van der Waals surface area contributed by atoms with Crippen molar-refractivity contribution >= 4 is 44.5 Å². The number of carbonyl (C=O) groups is 3. The van der Waals surface area contributed by atoms with Crippen molar-refractivity contribution < 1.29 is 27.5 Å². The molecule has 2 amide bonds. The van der Waals surface area contributed by atoms with Crippen LogP contribution in [0.2, 0.25) is 0 Å². The van der Waals surface area contributed by atoms with E-state index < -0.39 is 57.8 Å². The number of benzene rings is 2. The number of fused-ring (bicyclic) bond motifs is 1. The smallest absolute Gasteiger partial charge is 0.331 e. The summed E-state index contributed by atoms with van der Waals surface area (Å²) in [6.45, 7) is 2.41. The largest absolute Gasteiger partial charge is 0.467 e. The van der Waals surface area contributed by atoms with E-state index in [2.05, 4.69) is 4.72 Å². The minimum atomic E-state index is -4.30. The summed E-state index contributed by atoms with van der Waals surface area (Å²) in [6, 6.07) is 9.91. The van der Waals surface area contributed by atoms with Gasteiger partial charge in [0.25, 0.3) is 0 Å². The van der Waals surface area contributed by atoms with Gasteiger partial charge in [-0.2, -0.15) is 4.72 Å². The van der Waals surface area contributed by atoms with Crippen LogP contribution < -0.4 is 16.2 Å².